The molecule has 1 aromatic heterocycles. The first kappa shape index (κ1) is 12.1. The summed E-state index contributed by atoms with van der Waals surface area (Å²) in [6.07, 6.45) is 2.00. The average Bonchev–Trinajstić information content (AvgIpc) is 3.02. The lowest BCUT2D eigenvalue weighted by Crippen LogP contribution is -2.40. The summed E-state index contributed by atoms with van der Waals surface area (Å²) in [7, 11) is 0. The second-order valence-corrected chi connectivity index (χ2v) is 4.78. The molecule has 5 nitrogen and oxygen atoms in total. The number of nitrogens with zero attached hydrogens (tertiary/aromatic N) is 1. The zero-order chi connectivity index (χ0) is 12.6. The van der Waals surface area contributed by atoms with Crippen molar-refractivity contribution < 1.29 is 14.4 Å². The highest BCUT2D eigenvalue weighted by Crippen LogP contribution is 2.34. The van der Waals surface area contributed by atoms with Gasteiger partial charge in [0.2, 0.25) is 0 Å². The molecule has 1 aliphatic rings. The highest BCUT2D eigenvalue weighted by Gasteiger charge is 2.37. The third-order valence-electron chi connectivity index (χ3n) is 3.31. The van der Waals surface area contributed by atoms with Crippen molar-refractivity contribution in [3.8, 4) is 0 Å². The Morgan fingerprint density at radius 1 is 1.53 bits per heavy atom. The molecule has 1 aromatic rings. The molecule has 0 spiro atoms. The number of carboxylic acids is 1. The molecule has 2 atom stereocenters. The largest absolute Gasteiger partial charge is 0.480 e. The molecule has 0 amide bonds. The van der Waals surface area contributed by atoms with E-state index in [0.717, 1.165) is 29.9 Å². The van der Waals surface area contributed by atoms with Crippen LogP contribution in [0.2, 0.25) is 0 Å². The third kappa shape index (κ3) is 2.49. The highest BCUT2D eigenvalue weighted by molar-refractivity contribution is 5.74. The summed E-state index contributed by atoms with van der Waals surface area (Å²) in [4.78, 5) is 11.2. The zero-order valence-electron chi connectivity index (χ0n) is 10.4. The Balaban J connectivity index is 2.10. The molecule has 2 unspecified atom stereocenters. The molecule has 17 heavy (non-hydrogen) atoms. The van der Waals surface area contributed by atoms with Crippen LogP contribution in [0.4, 0.5) is 0 Å². The topological polar surface area (TPSA) is 75.4 Å². The molecular formula is C12H18N2O3. The standard InChI is InChI=1S/C12H18N2O3/c1-6(10-7(2)14-17-8(10)3)13-11(12(15)16)9-4-5-9/h6,9,11,13H,4-5H2,1-3H3,(H,15,16). The van der Waals surface area contributed by atoms with Crippen molar-refractivity contribution in [1.29, 1.82) is 0 Å². The maximum atomic E-state index is 11.2. The lowest BCUT2D eigenvalue weighted by molar-refractivity contribution is -0.140. The second kappa shape index (κ2) is 4.49. The molecule has 1 aliphatic carbocycles. The lowest BCUT2D eigenvalue weighted by Gasteiger charge is -2.19. The SMILES string of the molecule is Cc1noc(C)c1C(C)NC(C(=O)O)C1CC1. The van der Waals surface area contributed by atoms with Gasteiger partial charge >= 0.3 is 5.97 Å². The smallest absolute Gasteiger partial charge is 0.320 e. The van der Waals surface area contributed by atoms with E-state index in [1.165, 1.54) is 0 Å². The first-order valence-electron chi connectivity index (χ1n) is 5.92. The Kier molecular flexibility index (Phi) is 3.19. The number of hydrogen-bond donors (Lipinski definition) is 2. The van der Waals surface area contributed by atoms with Gasteiger partial charge in [-0.2, -0.15) is 0 Å². The summed E-state index contributed by atoms with van der Waals surface area (Å²) in [5.41, 5.74) is 1.79. The summed E-state index contributed by atoms with van der Waals surface area (Å²) in [6.45, 7) is 5.67. The van der Waals surface area contributed by atoms with Crippen molar-refractivity contribution in [2.45, 2.75) is 45.7 Å². The fraction of sp³-hybridized carbons (Fsp3) is 0.667. The molecule has 0 aliphatic heterocycles. The maximum Gasteiger partial charge on any atom is 0.320 e. The highest BCUT2D eigenvalue weighted by atomic mass is 16.5. The first-order valence-corrected chi connectivity index (χ1v) is 5.92. The van der Waals surface area contributed by atoms with Crippen LogP contribution in [0.25, 0.3) is 0 Å². The summed E-state index contributed by atoms with van der Waals surface area (Å²) < 4.78 is 5.10. The minimum absolute atomic E-state index is 0.0528. The number of rotatable bonds is 5. The van der Waals surface area contributed by atoms with Crippen molar-refractivity contribution in [1.82, 2.24) is 10.5 Å². The molecule has 0 bridgehead atoms. The molecule has 0 aromatic carbocycles. The number of aliphatic carboxylic acids is 1. The van der Waals surface area contributed by atoms with Crippen LogP contribution in [0.3, 0.4) is 0 Å². The second-order valence-electron chi connectivity index (χ2n) is 4.78. The summed E-state index contributed by atoms with van der Waals surface area (Å²) in [6, 6.07) is -0.512. The van der Waals surface area contributed by atoms with Gasteiger partial charge in [0.1, 0.15) is 11.8 Å². The van der Waals surface area contributed by atoms with E-state index < -0.39 is 12.0 Å². The van der Waals surface area contributed by atoms with E-state index in [1.807, 2.05) is 20.8 Å². The van der Waals surface area contributed by atoms with Gasteiger partial charge in [-0.05, 0) is 39.5 Å². The average molecular weight is 238 g/mol. The van der Waals surface area contributed by atoms with Gasteiger partial charge in [0.25, 0.3) is 0 Å². The number of carbonyl (C=O) groups is 1. The van der Waals surface area contributed by atoms with Gasteiger partial charge < -0.3 is 9.63 Å². The normalized spacial score (nSPS) is 19.0. The maximum absolute atomic E-state index is 11.2. The fourth-order valence-corrected chi connectivity index (χ4v) is 2.30. The number of aromatic nitrogens is 1. The van der Waals surface area contributed by atoms with Crippen LogP contribution in [0.5, 0.6) is 0 Å². The molecule has 1 heterocycles. The Hall–Kier alpha value is -1.36. The number of aryl methyl sites for hydroxylation is 2. The van der Waals surface area contributed by atoms with Crippen LogP contribution in [-0.4, -0.2) is 22.3 Å². The molecular weight excluding hydrogens is 220 g/mol. The number of nitrogens with one attached hydrogen (secondary N) is 1. The zero-order valence-corrected chi connectivity index (χ0v) is 10.4. The van der Waals surface area contributed by atoms with E-state index in [1.54, 1.807) is 0 Å². The Bertz CT molecular complexity index is 404. The third-order valence-corrected chi connectivity index (χ3v) is 3.31. The van der Waals surface area contributed by atoms with E-state index in [4.69, 9.17) is 9.63 Å². The van der Waals surface area contributed by atoms with Gasteiger partial charge in [-0.15, -0.1) is 0 Å². The molecule has 1 fully saturated rings. The van der Waals surface area contributed by atoms with Crippen molar-refractivity contribution in [3.05, 3.63) is 17.0 Å². The number of hydrogen-bond acceptors (Lipinski definition) is 4. The molecule has 2 rings (SSSR count). The van der Waals surface area contributed by atoms with Crippen LogP contribution >= 0.6 is 0 Å². The van der Waals surface area contributed by atoms with Crippen LogP contribution in [0.1, 0.15) is 42.8 Å². The predicted molar refractivity (Wildman–Crippen MR) is 61.7 cm³/mol. The van der Waals surface area contributed by atoms with Crippen LogP contribution in [-0.2, 0) is 4.79 Å². The van der Waals surface area contributed by atoms with Gasteiger partial charge in [-0.3, -0.25) is 10.1 Å². The van der Waals surface area contributed by atoms with Crippen molar-refractivity contribution >= 4 is 5.97 Å². The minimum Gasteiger partial charge on any atom is -0.480 e. The van der Waals surface area contributed by atoms with Gasteiger partial charge in [0.15, 0.2) is 0 Å². The van der Waals surface area contributed by atoms with Gasteiger partial charge in [-0.25, -0.2) is 0 Å². The molecule has 2 N–H and O–H groups in total. The Morgan fingerprint density at radius 3 is 2.59 bits per heavy atom. The number of carboxylic acid groups (broad SMARTS) is 1. The fourth-order valence-electron chi connectivity index (χ4n) is 2.30. The Labute approximate surface area is 100 Å². The van der Waals surface area contributed by atoms with E-state index in [9.17, 15) is 4.79 Å². The Morgan fingerprint density at radius 2 is 2.18 bits per heavy atom. The summed E-state index contributed by atoms with van der Waals surface area (Å²) in [5, 5.41) is 16.2. The van der Waals surface area contributed by atoms with E-state index >= 15 is 0 Å². The molecule has 94 valence electrons. The van der Waals surface area contributed by atoms with Gasteiger partial charge in [-0.1, -0.05) is 5.16 Å². The molecule has 0 saturated heterocycles. The van der Waals surface area contributed by atoms with Gasteiger partial charge in [0, 0.05) is 11.6 Å². The van der Waals surface area contributed by atoms with Crippen LogP contribution < -0.4 is 5.32 Å². The quantitative estimate of drug-likeness (QED) is 0.818. The van der Waals surface area contributed by atoms with Crippen LogP contribution in [0.15, 0.2) is 4.52 Å². The monoisotopic (exact) mass is 238 g/mol. The van der Waals surface area contributed by atoms with Crippen LogP contribution in [0, 0.1) is 19.8 Å². The summed E-state index contributed by atoms with van der Waals surface area (Å²) in [5.74, 6) is 0.254. The van der Waals surface area contributed by atoms with E-state index in [0.29, 0.717) is 0 Å². The van der Waals surface area contributed by atoms with Crippen molar-refractivity contribution in [2.75, 3.05) is 0 Å². The predicted octanol–water partition coefficient (Wildman–Crippen LogP) is 1.81. The first-order chi connectivity index (χ1) is 8.00. The molecule has 1 saturated carbocycles. The lowest BCUT2D eigenvalue weighted by atomic mass is 10.0. The minimum atomic E-state index is -0.772. The van der Waals surface area contributed by atoms with Crippen molar-refractivity contribution in [3.63, 3.8) is 0 Å². The molecule has 5 heteroatoms. The molecule has 0 radical (unpaired) electrons. The van der Waals surface area contributed by atoms with E-state index in [2.05, 4.69) is 10.5 Å². The van der Waals surface area contributed by atoms with Crippen molar-refractivity contribution in [2.24, 2.45) is 5.92 Å². The summed E-state index contributed by atoms with van der Waals surface area (Å²) >= 11 is 0. The van der Waals surface area contributed by atoms with Gasteiger partial charge in [0.05, 0.1) is 5.69 Å². The van der Waals surface area contributed by atoms with E-state index in [-0.39, 0.29) is 12.0 Å².